The quantitative estimate of drug-likeness (QED) is 0.604. The van der Waals surface area contributed by atoms with Crippen molar-refractivity contribution in [2.24, 2.45) is 0 Å². The SMILES string of the molecule is C=C[C@H](CC1(C/C=C\CO)SCCCS1)NS(=O)(=O)c1ccc(C)cc1. The van der Waals surface area contributed by atoms with Gasteiger partial charge in [0.2, 0.25) is 10.0 Å². The summed E-state index contributed by atoms with van der Waals surface area (Å²) in [6, 6.07) is 6.50. The molecule has 2 rings (SSSR count). The molecule has 1 fully saturated rings. The highest BCUT2D eigenvalue weighted by Crippen LogP contribution is 2.48. The summed E-state index contributed by atoms with van der Waals surface area (Å²) in [7, 11) is -3.59. The van der Waals surface area contributed by atoms with Crippen LogP contribution < -0.4 is 4.72 Å². The molecule has 144 valence electrons. The first kappa shape index (κ1) is 21.6. The molecule has 0 radical (unpaired) electrons. The number of allylic oxidation sites excluding steroid dienone is 1. The van der Waals surface area contributed by atoms with Crippen LogP contribution in [-0.2, 0) is 10.0 Å². The fraction of sp³-hybridized carbons (Fsp3) is 0.474. The molecule has 0 bridgehead atoms. The summed E-state index contributed by atoms with van der Waals surface area (Å²) in [4.78, 5) is 0.271. The van der Waals surface area contributed by atoms with Crippen LogP contribution in [0.3, 0.4) is 0 Å². The molecule has 7 heteroatoms. The number of thioether (sulfide) groups is 2. The highest BCUT2D eigenvalue weighted by molar-refractivity contribution is 8.18. The first-order valence-corrected chi connectivity index (χ1v) is 12.1. The molecule has 1 heterocycles. The third kappa shape index (κ3) is 6.16. The number of aliphatic hydroxyl groups excluding tert-OH is 1. The maximum Gasteiger partial charge on any atom is 0.241 e. The van der Waals surface area contributed by atoms with Gasteiger partial charge in [0.05, 0.1) is 15.6 Å². The van der Waals surface area contributed by atoms with E-state index in [0.29, 0.717) is 6.42 Å². The van der Waals surface area contributed by atoms with Gasteiger partial charge in [-0.1, -0.05) is 35.9 Å². The normalized spacial score (nSPS) is 18.7. The molecule has 0 saturated carbocycles. The molecule has 0 amide bonds. The van der Waals surface area contributed by atoms with Crippen molar-refractivity contribution in [1.82, 2.24) is 4.72 Å². The second-order valence-electron chi connectivity index (χ2n) is 6.30. The van der Waals surface area contributed by atoms with E-state index in [1.54, 1.807) is 36.4 Å². The summed E-state index contributed by atoms with van der Waals surface area (Å²) in [6.45, 7) is 5.79. The molecule has 2 N–H and O–H groups in total. The van der Waals surface area contributed by atoms with E-state index < -0.39 is 10.0 Å². The van der Waals surface area contributed by atoms with Gasteiger partial charge in [0.15, 0.2) is 0 Å². The Labute approximate surface area is 165 Å². The minimum absolute atomic E-state index is 0.0242. The van der Waals surface area contributed by atoms with E-state index in [-0.39, 0.29) is 21.6 Å². The van der Waals surface area contributed by atoms with Crippen molar-refractivity contribution in [2.45, 2.75) is 41.2 Å². The van der Waals surface area contributed by atoms with Crippen LogP contribution in [0.1, 0.15) is 24.8 Å². The topological polar surface area (TPSA) is 66.4 Å². The third-order valence-electron chi connectivity index (χ3n) is 4.17. The van der Waals surface area contributed by atoms with Gasteiger partial charge in [-0.15, -0.1) is 30.1 Å². The van der Waals surface area contributed by atoms with Crippen molar-refractivity contribution >= 4 is 33.5 Å². The molecule has 0 unspecified atom stereocenters. The lowest BCUT2D eigenvalue weighted by Gasteiger charge is -2.37. The molecule has 1 aromatic carbocycles. The van der Waals surface area contributed by atoms with Crippen LogP contribution in [0.25, 0.3) is 0 Å². The van der Waals surface area contributed by atoms with Gasteiger partial charge in [-0.3, -0.25) is 0 Å². The number of aliphatic hydroxyl groups is 1. The number of benzene rings is 1. The number of nitrogens with one attached hydrogen (secondary N) is 1. The van der Waals surface area contributed by atoms with Crippen molar-refractivity contribution < 1.29 is 13.5 Å². The van der Waals surface area contributed by atoms with Gasteiger partial charge in [-0.25, -0.2) is 13.1 Å². The van der Waals surface area contributed by atoms with Crippen LogP contribution in [0.4, 0.5) is 0 Å². The maximum atomic E-state index is 12.7. The van der Waals surface area contributed by atoms with E-state index in [0.717, 1.165) is 29.9 Å². The van der Waals surface area contributed by atoms with Crippen molar-refractivity contribution in [3.05, 3.63) is 54.6 Å². The first-order chi connectivity index (χ1) is 12.4. The number of aryl methyl sites for hydroxylation is 1. The summed E-state index contributed by atoms with van der Waals surface area (Å²) in [5.74, 6) is 2.13. The number of hydrogen-bond acceptors (Lipinski definition) is 5. The minimum Gasteiger partial charge on any atom is -0.392 e. The van der Waals surface area contributed by atoms with E-state index in [2.05, 4.69) is 11.3 Å². The second-order valence-corrected chi connectivity index (χ2v) is 11.2. The van der Waals surface area contributed by atoms with Crippen LogP contribution in [0.15, 0.2) is 54.0 Å². The van der Waals surface area contributed by atoms with E-state index in [1.165, 1.54) is 0 Å². The van der Waals surface area contributed by atoms with Gasteiger partial charge in [0.25, 0.3) is 0 Å². The summed E-state index contributed by atoms with van der Waals surface area (Å²) in [5.41, 5.74) is 1.02. The Balaban J connectivity index is 2.13. The Morgan fingerprint density at radius 1 is 1.27 bits per heavy atom. The zero-order valence-electron chi connectivity index (χ0n) is 15.1. The summed E-state index contributed by atoms with van der Waals surface area (Å²) < 4.78 is 28.1. The van der Waals surface area contributed by atoms with E-state index in [9.17, 15) is 8.42 Å². The third-order valence-corrected chi connectivity index (χ3v) is 9.09. The molecular weight excluding hydrogens is 386 g/mol. The molecule has 4 nitrogen and oxygen atoms in total. The fourth-order valence-electron chi connectivity index (χ4n) is 2.77. The molecule has 0 spiro atoms. The average Bonchev–Trinajstić information content (AvgIpc) is 2.62. The minimum atomic E-state index is -3.59. The zero-order chi connectivity index (χ0) is 19.0. The smallest absolute Gasteiger partial charge is 0.241 e. The second kappa shape index (κ2) is 9.99. The van der Waals surface area contributed by atoms with Gasteiger partial charge in [-0.05, 0) is 49.8 Å². The monoisotopic (exact) mass is 413 g/mol. The molecule has 1 atom stereocenters. The lowest BCUT2D eigenvalue weighted by atomic mass is 10.1. The molecule has 0 aliphatic carbocycles. The van der Waals surface area contributed by atoms with E-state index in [4.69, 9.17) is 5.11 Å². The Bertz CT molecular complexity index is 708. The standard InChI is InChI=1S/C19H27NO3S3/c1-3-17(20-26(22,23)18-9-7-16(2)8-10-18)15-19(11-4-5-12-21)24-13-6-14-25-19/h3-5,7-10,17,20-21H,1,6,11-15H2,2H3/b5-4-/t17-/m1/s1. The highest BCUT2D eigenvalue weighted by atomic mass is 32.2. The van der Waals surface area contributed by atoms with Crippen LogP contribution in [-0.4, -0.2) is 41.8 Å². The van der Waals surface area contributed by atoms with Gasteiger partial charge in [0.1, 0.15) is 0 Å². The predicted octanol–water partition coefficient (Wildman–Crippen LogP) is 3.72. The Kier molecular flexibility index (Phi) is 8.29. The summed E-state index contributed by atoms with van der Waals surface area (Å²) in [5, 5.41) is 9.00. The zero-order valence-corrected chi connectivity index (χ0v) is 17.5. The molecule has 26 heavy (non-hydrogen) atoms. The van der Waals surface area contributed by atoms with Crippen LogP contribution >= 0.6 is 23.5 Å². The molecule has 1 aliphatic heterocycles. The molecule has 1 saturated heterocycles. The summed E-state index contributed by atoms with van der Waals surface area (Å²) >= 11 is 3.75. The Morgan fingerprint density at radius 3 is 2.50 bits per heavy atom. The van der Waals surface area contributed by atoms with Crippen molar-refractivity contribution in [2.75, 3.05) is 18.1 Å². The first-order valence-electron chi connectivity index (χ1n) is 8.66. The fourth-order valence-corrected chi connectivity index (χ4v) is 7.34. The van der Waals surface area contributed by atoms with Crippen LogP contribution in [0.5, 0.6) is 0 Å². The lowest BCUT2D eigenvalue weighted by Crippen LogP contribution is -2.39. The van der Waals surface area contributed by atoms with Gasteiger partial charge in [0, 0.05) is 6.04 Å². The molecule has 1 aliphatic rings. The van der Waals surface area contributed by atoms with Crippen molar-refractivity contribution in [3.63, 3.8) is 0 Å². The molecule has 0 aromatic heterocycles. The van der Waals surface area contributed by atoms with Crippen LogP contribution in [0.2, 0.25) is 0 Å². The number of rotatable bonds is 9. The van der Waals surface area contributed by atoms with Crippen LogP contribution in [0, 0.1) is 6.92 Å². The Morgan fingerprint density at radius 2 is 1.92 bits per heavy atom. The van der Waals surface area contributed by atoms with E-state index >= 15 is 0 Å². The average molecular weight is 414 g/mol. The number of sulfonamides is 1. The Hall–Kier alpha value is -0.730. The van der Waals surface area contributed by atoms with Gasteiger partial charge >= 0.3 is 0 Å². The highest BCUT2D eigenvalue weighted by Gasteiger charge is 2.35. The largest absolute Gasteiger partial charge is 0.392 e. The summed E-state index contributed by atoms with van der Waals surface area (Å²) in [6.07, 6.45) is 8.02. The van der Waals surface area contributed by atoms with Crippen molar-refractivity contribution in [3.8, 4) is 0 Å². The molecule has 1 aromatic rings. The number of hydrogen-bond donors (Lipinski definition) is 2. The van der Waals surface area contributed by atoms with Crippen molar-refractivity contribution in [1.29, 1.82) is 0 Å². The molecular formula is C19H27NO3S3. The predicted molar refractivity (Wildman–Crippen MR) is 113 cm³/mol. The lowest BCUT2D eigenvalue weighted by molar-refractivity contribution is 0.342. The van der Waals surface area contributed by atoms with E-state index in [1.807, 2.05) is 36.5 Å². The van der Waals surface area contributed by atoms with Gasteiger partial charge < -0.3 is 5.11 Å². The van der Waals surface area contributed by atoms with Gasteiger partial charge in [-0.2, -0.15) is 0 Å². The maximum absolute atomic E-state index is 12.7.